The van der Waals surface area contributed by atoms with Crippen LogP contribution in [0.15, 0.2) is 18.2 Å². The molecule has 0 radical (unpaired) electrons. The minimum Gasteiger partial charge on any atom is -0.316 e. The summed E-state index contributed by atoms with van der Waals surface area (Å²) in [5.41, 5.74) is 4.10. The summed E-state index contributed by atoms with van der Waals surface area (Å²) in [6.07, 6.45) is -4.70. The van der Waals surface area contributed by atoms with Gasteiger partial charge >= 0.3 is 6.18 Å². The van der Waals surface area contributed by atoms with E-state index in [1.54, 1.807) is 6.07 Å². The van der Waals surface area contributed by atoms with Crippen LogP contribution in [0.25, 0.3) is 0 Å². The van der Waals surface area contributed by atoms with Crippen LogP contribution in [0.5, 0.6) is 0 Å². The van der Waals surface area contributed by atoms with Crippen LogP contribution in [-0.4, -0.2) is 6.18 Å². The van der Waals surface area contributed by atoms with E-state index in [0.29, 0.717) is 0 Å². The third kappa shape index (κ3) is 2.44. The van der Waals surface area contributed by atoms with E-state index < -0.39 is 23.6 Å². The number of nitrogens with zero attached hydrogens (tertiary/aromatic N) is 1. The van der Waals surface area contributed by atoms with Gasteiger partial charge < -0.3 is 5.73 Å². The first-order chi connectivity index (χ1) is 6.86. The van der Waals surface area contributed by atoms with Crippen molar-refractivity contribution in [3.05, 3.63) is 35.1 Å². The molecule has 1 rings (SSSR count). The van der Waals surface area contributed by atoms with Gasteiger partial charge in [-0.3, -0.25) is 0 Å². The zero-order chi connectivity index (χ0) is 11.6. The van der Waals surface area contributed by atoms with Crippen LogP contribution in [0, 0.1) is 17.1 Å². The molecule has 0 aromatic heterocycles. The van der Waals surface area contributed by atoms with Crippen LogP contribution in [-0.2, 0) is 0 Å². The molecule has 80 valence electrons. The average molecular weight is 218 g/mol. The molecule has 0 spiro atoms. The summed E-state index contributed by atoms with van der Waals surface area (Å²) in [6.45, 7) is 0. The normalized spacial score (nSPS) is 13.3. The van der Waals surface area contributed by atoms with Gasteiger partial charge in [-0.1, -0.05) is 6.07 Å². The Balaban J connectivity index is 3.13. The summed E-state index contributed by atoms with van der Waals surface area (Å²) < 4.78 is 49.5. The van der Waals surface area contributed by atoms with Gasteiger partial charge in [-0.05, 0) is 12.1 Å². The molecular formula is C9H6F4N2. The third-order valence-corrected chi connectivity index (χ3v) is 1.82. The van der Waals surface area contributed by atoms with E-state index in [-0.39, 0.29) is 5.56 Å². The van der Waals surface area contributed by atoms with E-state index in [9.17, 15) is 17.6 Å². The lowest BCUT2D eigenvalue weighted by atomic mass is 10.0. The number of nitrogens with two attached hydrogens (primary N) is 1. The van der Waals surface area contributed by atoms with Crippen LogP contribution in [0.2, 0.25) is 0 Å². The molecule has 1 aromatic rings. The van der Waals surface area contributed by atoms with E-state index in [2.05, 4.69) is 0 Å². The highest BCUT2D eigenvalue weighted by molar-refractivity contribution is 5.34. The Bertz CT molecular complexity index is 406. The Kier molecular flexibility index (Phi) is 2.95. The van der Waals surface area contributed by atoms with Crippen molar-refractivity contribution in [3.63, 3.8) is 0 Å². The maximum absolute atomic E-state index is 13.1. The number of alkyl halides is 3. The van der Waals surface area contributed by atoms with Crippen molar-refractivity contribution in [1.82, 2.24) is 0 Å². The molecule has 0 saturated heterocycles. The maximum atomic E-state index is 13.1. The standard InChI is InChI=1S/C9H6F4N2/c10-7-3-5(4-14)1-2-6(7)8(15)9(11,12)13/h1-3,8H,15H2/t8-/m1/s1. The Labute approximate surface area is 82.9 Å². The molecule has 6 heteroatoms. The van der Waals surface area contributed by atoms with E-state index in [4.69, 9.17) is 11.0 Å². The topological polar surface area (TPSA) is 49.8 Å². The molecule has 0 amide bonds. The Morgan fingerprint density at radius 2 is 1.93 bits per heavy atom. The maximum Gasteiger partial charge on any atom is 0.407 e. The van der Waals surface area contributed by atoms with Crippen molar-refractivity contribution in [2.24, 2.45) is 5.73 Å². The number of halogens is 4. The summed E-state index contributed by atoms with van der Waals surface area (Å²) >= 11 is 0. The number of benzene rings is 1. The van der Waals surface area contributed by atoms with Gasteiger partial charge in [0, 0.05) is 5.56 Å². The molecule has 0 bridgehead atoms. The Morgan fingerprint density at radius 3 is 2.33 bits per heavy atom. The molecular weight excluding hydrogens is 212 g/mol. The zero-order valence-corrected chi connectivity index (χ0v) is 7.35. The number of rotatable bonds is 1. The van der Waals surface area contributed by atoms with Crippen molar-refractivity contribution >= 4 is 0 Å². The highest BCUT2D eigenvalue weighted by Crippen LogP contribution is 2.31. The molecule has 1 aromatic carbocycles. The van der Waals surface area contributed by atoms with Crippen molar-refractivity contribution in [2.75, 3.05) is 0 Å². The lowest BCUT2D eigenvalue weighted by Crippen LogP contribution is -2.29. The fourth-order valence-electron chi connectivity index (χ4n) is 1.03. The summed E-state index contributed by atoms with van der Waals surface area (Å²) in [6, 6.07) is 1.92. The lowest BCUT2D eigenvalue weighted by molar-refractivity contribution is -0.149. The molecule has 1 atom stereocenters. The lowest BCUT2D eigenvalue weighted by Gasteiger charge is -2.16. The Hall–Kier alpha value is -1.61. The molecule has 15 heavy (non-hydrogen) atoms. The first kappa shape index (κ1) is 11.5. The predicted octanol–water partition coefficient (Wildman–Crippen LogP) is 2.26. The molecule has 2 nitrogen and oxygen atoms in total. The quantitative estimate of drug-likeness (QED) is 0.735. The number of hydrogen-bond donors (Lipinski definition) is 1. The van der Waals surface area contributed by atoms with E-state index >= 15 is 0 Å². The van der Waals surface area contributed by atoms with Gasteiger partial charge in [-0.2, -0.15) is 18.4 Å². The average Bonchev–Trinajstić information content (AvgIpc) is 2.15. The monoisotopic (exact) mass is 218 g/mol. The van der Waals surface area contributed by atoms with E-state index in [1.807, 2.05) is 0 Å². The second-order valence-corrected chi connectivity index (χ2v) is 2.87. The van der Waals surface area contributed by atoms with Crippen molar-refractivity contribution in [1.29, 1.82) is 5.26 Å². The van der Waals surface area contributed by atoms with Crippen molar-refractivity contribution in [2.45, 2.75) is 12.2 Å². The predicted molar refractivity (Wildman–Crippen MR) is 44.1 cm³/mol. The van der Waals surface area contributed by atoms with Gasteiger partial charge in [0.2, 0.25) is 0 Å². The van der Waals surface area contributed by atoms with Gasteiger partial charge in [-0.25, -0.2) is 4.39 Å². The van der Waals surface area contributed by atoms with E-state index in [0.717, 1.165) is 18.2 Å². The summed E-state index contributed by atoms with van der Waals surface area (Å²) in [5, 5.41) is 8.38. The highest BCUT2D eigenvalue weighted by Gasteiger charge is 2.39. The summed E-state index contributed by atoms with van der Waals surface area (Å²) in [7, 11) is 0. The molecule has 0 unspecified atom stereocenters. The highest BCUT2D eigenvalue weighted by atomic mass is 19.4. The molecule has 0 fully saturated rings. The first-order valence-electron chi connectivity index (χ1n) is 3.88. The second-order valence-electron chi connectivity index (χ2n) is 2.87. The summed E-state index contributed by atoms with van der Waals surface area (Å²) in [5.74, 6) is -1.13. The minimum absolute atomic E-state index is 0.0503. The molecule has 0 heterocycles. The van der Waals surface area contributed by atoms with Crippen LogP contribution in [0.1, 0.15) is 17.2 Å². The Morgan fingerprint density at radius 1 is 1.33 bits per heavy atom. The molecule has 2 N–H and O–H groups in total. The largest absolute Gasteiger partial charge is 0.407 e. The molecule has 0 saturated carbocycles. The van der Waals surface area contributed by atoms with Crippen molar-refractivity contribution < 1.29 is 17.6 Å². The van der Waals surface area contributed by atoms with Gasteiger partial charge in [0.1, 0.15) is 11.9 Å². The minimum atomic E-state index is -4.70. The van der Waals surface area contributed by atoms with Gasteiger partial charge in [0.15, 0.2) is 0 Å². The first-order valence-corrected chi connectivity index (χ1v) is 3.88. The van der Waals surface area contributed by atoms with Crippen LogP contribution < -0.4 is 5.73 Å². The van der Waals surface area contributed by atoms with Gasteiger partial charge in [-0.15, -0.1) is 0 Å². The van der Waals surface area contributed by atoms with Crippen LogP contribution >= 0.6 is 0 Å². The second kappa shape index (κ2) is 3.87. The summed E-state index contributed by atoms with van der Waals surface area (Å²) in [4.78, 5) is 0. The SMILES string of the molecule is N#Cc1ccc([C@@H](N)C(F)(F)F)c(F)c1. The fourth-order valence-corrected chi connectivity index (χ4v) is 1.03. The number of nitriles is 1. The fraction of sp³-hybridized carbons (Fsp3) is 0.222. The zero-order valence-electron chi connectivity index (χ0n) is 7.35. The molecule has 0 aliphatic rings. The third-order valence-electron chi connectivity index (χ3n) is 1.82. The molecule has 0 aliphatic heterocycles. The van der Waals surface area contributed by atoms with E-state index in [1.165, 1.54) is 0 Å². The molecule has 0 aliphatic carbocycles. The smallest absolute Gasteiger partial charge is 0.316 e. The van der Waals surface area contributed by atoms with Gasteiger partial charge in [0.25, 0.3) is 0 Å². The van der Waals surface area contributed by atoms with Crippen LogP contribution in [0.4, 0.5) is 17.6 Å². The number of hydrogen-bond acceptors (Lipinski definition) is 2. The van der Waals surface area contributed by atoms with Gasteiger partial charge in [0.05, 0.1) is 11.6 Å². The van der Waals surface area contributed by atoms with Crippen LogP contribution in [0.3, 0.4) is 0 Å². The van der Waals surface area contributed by atoms with Crippen molar-refractivity contribution in [3.8, 4) is 6.07 Å².